The van der Waals surface area contributed by atoms with Crippen molar-refractivity contribution in [1.29, 1.82) is 0 Å². The first-order valence-corrected chi connectivity index (χ1v) is 7.87. The molecule has 1 atom stereocenters. The monoisotopic (exact) mass is 367 g/mol. The number of hydrogen-bond donors (Lipinski definition) is 1. The van der Waals surface area contributed by atoms with E-state index in [1.54, 1.807) is 7.11 Å². The molecule has 0 aromatic heterocycles. The quantitative estimate of drug-likeness (QED) is 0.822. The normalized spacial score (nSPS) is 16.8. The largest absolute Gasteiger partial charge is 0.495 e. The average molecular weight is 369 g/mol. The van der Waals surface area contributed by atoms with Crippen molar-refractivity contribution >= 4 is 33.2 Å². The van der Waals surface area contributed by atoms with Crippen LogP contribution in [-0.4, -0.2) is 13.7 Å². The van der Waals surface area contributed by atoms with Crippen LogP contribution in [0.1, 0.15) is 18.0 Å². The molecular weight excluding hydrogens is 354 g/mol. The molecule has 2 aromatic carbocycles. The standard InChI is InChI=1S/C16H15BrClNO2/c1-20-16-5-3-11(9-13(16)18)19-14-6-7-21-15-4-2-10(17)8-12(14)15/h2-5,8-9,14,19H,6-7H2,1H3. The third-order valence-corrected chi connectivity index (χ3v) is 4.29. The van der Waals surface area contributed by atoms with Crippen LogP contribution in [0.5, 0.6) is 11.5 Å². The van der Waals surface area contributed by atoms with Gasteiger partial charge in [0.15, 0.2) is 0 Å². The van der Waals surface area contributed by atoms with Gasteiger partial charge in [-0.25, -0.2) is 0 Å². The van der Waals surface area contributed by atoms with Gasteiger partial charge in [-0.15, -0.1) is 0 Å². The fraction of sp³-hybridized carbons (Fsp3) is 0.250. The molecule has 0 saturated carbocycles. The van der Waals surface area contributed by atoms with Gasteiger partial charge in [-0.2, -0.15) is 0 Å². The van der Waals surface area contributed by atoms with Crippen LogP contribution in [-0.2, 0) is 0 Å². The summed E-state index contributed by atoms with van der Waals surface area (Å²) in [4.78, 5) is 0. The Morgan fingerprint density at radius 1 is 1.29 bits per heavy atom. The van der Waals surface area contributed by atoms with Gasteiger partial charge in [0.1, 0.15) is 11.5 Å². The molecule has 110 valence electrons. The second kappa shape index (κ2) is 6.16. The molecular formula is C16H15BrClNO2. The minimum atomic E-state index is 0.204. The van der Waals surface area contributed by atoms with Crippen molar-refractivity contribution < 1.29 is 9.47 Å². The first-order valence-electron chi connectivity index (χ1n) is 6.69. The van der Waals surface area contributed by atoms with Crippen LogP contribution < -0.4 is 14.8 Å². The van der Waals surface area contributed by atoms with Crippen molar-refractivity contribution in [2.75, 3.05) is 19.0 Å². The minimum Gasteiger partial charge on any atom is -0.495 e. The van der Waals surface area contributed by atoms with E-state index in [0.29, 0.717) is 17.4 Å². The van der Waals surface area contributed by atoms with Crippen molar-refractivity contribution in [2.24, 2.45) is 0 Å². The van der Waals surface area contributed by atoms with Crippen LogP contribution in [0.3, 0.4) is 0 Å². The lowest BCUT2D eigenvalue weighted by molar-refractivity contribution is 0.274. The molecule has 0 spiro atoms. The Bertz CT molecular complexity index is 663. The van der Waals surface area contributed by atoms with E-state index in [0.717, 1.165) is 27.9 Å². The number of anilines is 1. The van der Waals surface area contributed by atoms with E-state index in [2.05, 4.69) is 27.3 Å². The number of ether oxygens (including phenoxy) is 2. The molecule has 0 saturated heterocycles. The van der Waals surface area contributed by atoms with Crippen molar-refractivity contribution in [1.82, 2.24) is 0 Å². The highest BCUT2D eigenvalue weighted by molar-refractivity contribution is 9.10. The number of benzene rings is 2. The Kier molecular flexibility index (Phi) is 4.27. The number of methoxy groups -OCH3 is 1. The molecule has 0 amide bonds. The number of rotatable bonds is 3. The SMILES string of the molecule is COc1ccc(NC2CCOc3ccc(Br)cc32)cc1Cl. The van der Waals surface area contributed by atoms with Crippen molar-refractivity contribution in [2.45, 2.75) is 12.5 Å². The summed E-state index contributed by atoms with van der Waals surface area (Å²) in [6, 6.07) is 12.0. The number of fused-ring (bicyclic) bond motifs is 1. The van der Waals surface area contributed by atoms with E-state index in [4.69, 9.17) is 21.1 Å². The molecule has 1 unspecified atom stereocenters. The third kappa shape index (κ3) is 3.11. The molecule has 0 fully saturated rings. The van der Waals surface area contributed by atoms with Gasteiger partial charge >= 0.3 is 0 Å². The van der Waals surface area contributed by atoms with Gasteiger partial charge in [0.05, 0.1) is 24.8 Å². The van der Waals surface area contributed by atoms with Gasteiger partial charge in [-0.3, -0.25) is 0 Å². The zero-order valence-corrected chi connectivity index (χ0v) is 13.9. The van der Waals surface area contributed by atoms with Gasteiger partial charge in [0.25, 0.3) is 0 Å². The van der Waals surface area contributed by atoms with Crippen molar-refractivity contribution in [3.63, 3.8) is 0 Å². The molecule has 3 rings (SSSR count). The van der Waals surface area contributed by atoms with E-state index < -0.39 is 0 Å². The highest BCUT2D eigenvalue weighted by Crippen LogP contribution is 2.37. The molecule has 1 N–H and O–H groups in total. The van der Waals surface area contributed by atoms with E-state index >= 15 is 0 Å². The summed E-state index contributed by atoms with van der Waals surface area (Å²) in [6.45, 7) is 0.705. The summed E-state index contributed by atoms with van der Waals surface area (Å²) in [5.74, 6) is 1.61. The lowest BCUT2D eigenvalue weighted by atomic mass is 10.0. The van der Waals surface area contributed by atoms with Crippen LogP contribution in [0.25, 0.3) is 0 Å². The van der Waals surface area contributed by atoms with Gasteiger partial charge in [0, 0.05) is 22.1 Å². The van der Waals surface area contributed by atoms with E-state index in [-0.39, 0.29) is 6.04 Å². The summed E-state index contributed by atoms with van der Waals surface area (Å²) in [5, 5.41) is 4.12. The number of hydrogen-bond acceptors (Lipinski definition) is 3. The van der Waals surface area contributed by atoms with Crippen LogP contribution >= 0.6 is 27.5 Å². The Hall–Kier alpha value is -1.39. The fourth-order valence-electron chi connectivity index (χ4n) is 2.47. The van der Waals surface area contributed by atoms with Crippen LogP contribution in [0.15, 0.2) is 40.9 Å². The molecule has 0 bridgehead atoms. The van der Waals surface area contributed by atoms with Crippen LogP contribution in [0.2, 0.25) is 5.02 Å². The highest BCUT2D eigenvalue weighted by Gasteiger charge is 2.21. The fourth-order valence-corrected chi connectivity index (χ4v) is 3.11. The predicted molar refractivity (Wildman–Crippen MR) is 88.6 cm³/mol. The summed E-state index contributed by atoms with van der Waals surface area (Å²) >= 11 is 9.69. The third-order valence-electron chi connectivity index (χ3n) is 3.50. The topological polar surface area (TPSA) is 30.5 Å². The molecule has 1 heterocycles. The van der Waals surface area contributed by atoms with Crippen LogP contribution in [0, 0.1) is 0 Å². The van der Waals surface area contributed by atoms with Gasteiger partial charge in [-0.1, -0.05) is 27.5 Å². The Labute approximate surface area is 137 Å². The summed E-state index contributed by atoms with van der Waals surface area (Å²) in [5.41, 5.74) is 2.13. The second-order valence-electron chi connectivity index (χ2n) is 4.87. The molecule has 0 radical (unpaired) electrons. The van der Waals surface area contributed by atoms with Crippen molar-refractivity contribution in [3.8, 4) is 11.5 Å². The molecule has 1 aliphatic rings. The van der Waals surface area contributed by atoms with Crippen LogP contribution in [0.4, 0.5) is 5.69 Å². The average Bonchev–Trinajstić information content (AvgIpc) is 2.48. The molecule has 2 aromatic rings. The Morgan fingerprint density at radius 2 is 2.14 bits per heavy atom. The maximum absolute atomic E-state index is 6.18. The first-order chi connectivity index (χ1) is 10.2. The number of nitrogens with one attached hydrogen (secondary N) is 1. The van der Waals surface area contributed by atoms with Gasteiger partial charge in [-0.05, 0) is 36.4 Å². The van der Waals surface area contributed by atoms with E-state index in [9.17, 15) is 0 Å². The Morgan fingerprint density at radius 3 is 2.90 bits per heavy atom. The molecule has 0 aliphatic carbocycles. The maximum Gasteiger partial charge on any atom is 0.137 e. The summed E-state index contributed by atoms with van der Waals surface area (Å²) < 4.78 is 11.9. The first kappa shape index (κ1) is 14.5. The highest BCUT2D eigenvalue weighted by atomic mass is 79.9. The Balaban J connectivity index is 1.86. The van der Waals surface area contributed by atoms with E-state index in [1.165, 1.54) is 0 Å². The maximum atomic E-state index is 6.18. The molecule has 21 heavy (non-hydrogen) atoms. The van der Waals surface area contributed by atoms with Gasteiger partial charge < -0.3 is 14.8 Å². The summed E-state index contributed by atoms with van der Waals surface area (Å²) in [6.07, 6.45) is 0.910. The van der Waals surface area contributed by atoms with Gasteiger partial charge in [0.2, 0.25) is 0 Å². The zero-order valence-electron chi connectivity index (χ0n) is 11.5. The zero-order chi connectivity index (χ0) is 14.8. The van der Waals surface area contributed by atoms with E-state index in [1.807, 2.05) is 30.3 Å². The molecule has 3 nitrogen and oxygen atoms in total. The lowest BCUT2D eigenvalue weighted by Gasteiger charge is -2.28. The summed E-state index contributed by atoms with van der Waals surface area (Å²) in [7, 11) is 1.61. The smallest absolute Gasteiger partial charge is 0.137 e. The minimum absolute atomic E-state index is 0.204. The molecule has 1 aliphatic heterocycles. The molecule has 5 heteroatoms. The number of halogens is 2. The lowest BCUT2D eigenvalue weighted by Crippen LogP contribution is -2.20. The second-order valence-corrected chi connectivity index (χ2v) is 6.19. The van der Waals surface area contributed by atoms with Crippen molar-refractivity contribution in [3.05, 3.63) is 51.5 Å². The predicted octanol–water partition coefficient (Wildman–Crippen LogP) is 5.05.